The van der Waals surface area contributed by atoms with Crippen LogP contribution in [0, 0.1) is 5.92 Å². The minimum atomic E-state index is -0.854. The van der Waals surface area contributed by atoms with Gasteiger partial charge in [0.2, 0.25) is 0 Å². The van der Waals surface area contributed by atoms with E-state index in [2.05, 4.69) is 10.1 Å². The third-order valence-electron chi connectivity index (χ3n) is 5.70. The van der Waals surface area contributed by atoms with Gasteiger partial charge in [0.25, 0.3) is 0 Å². The molecule has 2 aromatic rings. The highest BCUT2D eigenvalue weighted by Crippen LogP contribution is 2.40. The molecule has 2 fully saturated rings. The zero-order chi connectivity index (χ0) is 18.3. The summed E-state index contributed by atoms with van der Waals surface area (Å²) in [5.41, 5.74) is -0.0455. The molecule has 26 heavy (non-hydrogen) atoms. The van der Waals surface area contributed by atoms with Crippen molar-refractivity contribution in [2.45, 2.75) is 56.6 Å². The van der Waals surface area contributed by atoms with Gasteiger partial charge in [-0.1, -0.05) is 11.6 Å². The highest BCUT2D eigenvalue weighted by atomic mass is 35.5. The molecule has 2 heterocycles. The van der Waals surface area contributed by atoms with Crippen molar-refractivity contribution in [1.82, 2.24) is 19.7 Å². The van der Waals surface area contributed by atoms with Gasteiger partial charge >= 0.3 is 5.97 Å². The molecule has 0 N–H and O–H groups in total. The van der Waals surface area contributed by atoms with Crippen LogP contribution in [0.25, 0.3) is 11.0 Å². The number of carbonyl (C=O) groups is 1. The predicted octanol–water partition coefficient (Wildman–Crippen LogP) is 3.11. The Bertz CT molecular complexity index is 825. The molecule has 0 atom stereocenters. The van der Waals surface area contributed by atoms with E-state index in [0.717, 1.165) is 36.2 Å². The molecule has 0 bridgehead atoms. The Hall–Kier alpha value is -1.73. The fraction of sp³-hybridized carbons (Fsp3) is 0.667. The quantitative estimate of drug-likeness (QED) is 0.587. The van der Waals surface area contributed by atoms with Crippen LogP contribution in [0.15, 0.2) is 6.20 Å². The molecule has 4 rings (SSSR count). The summed E-state index contributed by atoms with van der Waals surface area (Å²) in [6, 6.07) is 0. The average molecular weight is 379 g/mol. The van der Waals surface area contributed by atoms with Crippen LogP contribution in [0.2, 0.25) is 5.15 Å². The van der Waals surface area contributed by atoms with E-state index >= 15 is 0 Å². The predicted molar refractivity (Wildman–Crippen MR) is 96.0 cm³/mol. The van der Waals surface area contributed by atoms with Crippen LogP contribution >= 0.6 is 11.6 Å². The summed E-state index contributed by atoms with van der Waals surface area (Å²) in [5, 5.41) is 5.69. The Balaban J connectivity index is 1.58. The Kier molecular flexibility index (Phi) is 4.61. The zero-order valence-electron chi connectivity index (χ0n) is 15.1. The molecule has 0 aromatic carbocycles. The van der Waals surface area contributed by atoms with Gasteiger partial charge in [-0.05, 0) is 44.4 Å². The van der Waals surface area contributed by atoms with Gasteiger partial charge in [0.15, 0.2) is 11.2 Å². The average Bonchev–Trinajstić information content (AvgIpc) is 3.40. The number of halogens is 1. The highest BCUT2D eigenvalue weighted by molar-refractivity contribution is 6.33. The summed E-state index contributed by atoms with van der Waals surface area (Å²) in [5.74, 6) is 1.27. The molecule has 0 aliphatic heterocycles. The number of esters is 1. The number of aromatic nitrogens is 4. The second-order valence-electron chi connectivity index (χ2n) is 7.34. The van der Waals surface area contributed by atoms with E-state index in [-0.39, 0.29) is 11.9 Å². The van der Waals surface area contributed by atoms with Crippen LogP contribution in [0.3, 0.4) is 0 Å². The molecule has 2 aromatic heterocycles. The number of fused-ring (bicyclic) bond motifs is 1. The Morgan fingerprint density at radius 3 is 2.62 bits per heavy atom. The van der Waals surface area contributed by atoms with E-state index in [1.165, 1.54) is 20.0 Å². The van der Waals surface area contributed by atoms with E-state index in [1.54, 1.807) is 13.3 Å². The molecule has 0 radical (unpaired) electrons. The number of ether oxygens (including phenoxy) is 2. The number of methoxy groups -OCH3 is 2. The first-order valence-electron chi connectivity index (χ1n) is 9.09. The minimum absolute atomic E-state index is 0.147. The van der Waals surface area contributed by atoms with Gasteiger partial charge in [0, 0.05) is 19.6 Å². The molecule has 2 saturated carbocycles. The maximum Gasteiger partial charge on any atom is 0.338 e. The maximum absolute atomic E-state index is 12.1. The van der Waals surface area contributed by atoms with Crippen molar-refractivity contribution in [3.63, 3.8) is 0 Å². The first-order chi connectivity index (χ1) is 12.6. The van der Waals surface area contributed by atoms with Crippen molar-refractivity contribution in [2.24, 2.45) is 5.92 Å². The second-order valence-corrected chi connectivity index (χ2v) is 7.70. The lowest BCUT2D eigenvalue weighted by molar-refractivity contribution is -0.170. The largest absolute Gasteiger partial charge is 0.467 e. The van der Waals surface area contributed by atoms with Crippen LogP contribution in [-0.4, -0.2) is 45.5 Å². The van der Waals surface area contributed by atoms with Crippen LogP contribution in [0.1, 0.15) is 50.3 Å². The number of hydrogen-bond acceptors (Lipinski definition) is 6. The number of nitrogens with zero attached hydrogens (tertiary/aromatic N) is 4. The molecule has 2 aliphatic rings. The van der Waals surface area contributed by atoms with Crippen LogP contribution in [0.5, 0.6) is 0 Å². The van der Waals surface area contributed by atoms with Crippen LogP contribution < -0.4 is 0 Å². The Morgan fingerprint density at radius 2 is 2.00 bits per heavy atom. The van der Waals surface area contributed by atoms with Crippen LogP contribution in [-0.2, 0) is 20.8 Å². The van der Waals surface area contributed by atoms with E-state index in [0.29, 0.717) is 23.9 Å². The summed E-state index contributed by atoms with van der Waals surface area (Å²) >= 11 is 6.40. The normalized spacial score (nSPS) is 26.2. The van der Waals surface area contributed by atoms with Crippen molar-refractivity contribution in [2.75, 3.05) is 14.2 Å². The number of rotatable bonds is 5. The third kappa shape index (κ3) is 3.07. The Labute approximate surface area is 157 Å². The molecule has 0 spiro atoms. The van der Waals surface area contributed by atoms with Gasteiger partial charge < -0.3 is 9.47 Å². The third-order valence-corrected chi connectivity index (χ3v) is 5.99. The van der Waals surface area contributed by atoms with E-state index in [4.69, 9.17) is 26.1 Å². The van der Waals surface area contributed by atoms with Gasteiger partial charge in [-0.15, -0.1) is 0 Å². The summed E-state index contributed by atoms with van der Waals surface area (Å²) in [6.45, 7) is 0.885. The van der Waals surface area contributed by atoms with E-state index < -0.39 is 5.60 Å². The van der Waals surface area contributed by atoms with Gasteiger partial charge in [0.05, 0.1) is 18.7 Å². The first-order valence-corrected chi connectivity index (χ1v) is 9.46. The molecular formula is C18H23ClN4O3. The SMILES string of the molecule is COC(=O)C1(OC)CCC(c2nc(Cl)c3cnn(CC4CC4)c3n2)CC1. The molecule has 7 nitrogen and oxygen atoms in total. The lowest BCUT2D eigenvalue weighted by Crippen LogP contribution is -2.44. The molecular weight excluding hydrogens is 356 g/mol. The number of carbonyl (C=O) groups excluding carboxylic acids is 1. The lowest BCUT2D eigenvalue weighted by Gasteiger charge is -2.36. The van der Waals surface area contributed by atoms with Crippen LogP contribution in [0.4, 0.5) is 0 Å². The highest BCUT2D eigenvalue weighted by Gasteiger charge is 2.44. The summed E-state index contributed by atoms with van der Waals surface area (Å²) in [7, 11) is 2.96. The van der Waals surface area contributed by atoms with Crippen molar-refractivity contribution in [1.29, 1.82) is 0 Å². The summed E-state index contributed by atoms with van der Waals surface area (Å²) in [4.78, 5) is 21.4. The molecule has 0 amide bonds. The monoisotopic (exact) mass is 378 g/mol. The van der Waals surface area contributed by atoms with Crippen molar-refractivity contribution < 1.29 is 14.3 Å². The summed E-state index contributed by atoms with van der Waals surface area (Å²) in [6.07, 6.45) is 6.92. The van der Waals surface area contributed by atoms with Crippen molar-refractivity contribution >= 4 is 28.6 Å². The fourth-order valence-electron chi connectivity index (χ4n) is 3.82. The second kappa shape index (κ2) is 6.78. The topological polar surface area (TPSA) is 79.1 Å². The standard InChI is InChI=1S/C18H23ClN4O3/c1-25-17(24)18(26-2)7-5-12(6-8-18)15-21-14(19)13-9-20-23(16(13)22-15)10-11-3-4-11/h9,11-12H,3-8,10H2,1-2H3. The Morgan fingerprint density at radius 1 is 1.27 bits per heavy atom. The molecule has 8 heteroatoms. The molecule has 0 unspecified atom stereocenters. The van der Waals surface area contributed by atoms with Gasteiger partial charge in [-0.2, -0.15) is 5.10 Å². The van der Waals surface area contributed by atoms with Crippen molar-refractivity contribution in [3.05, 3.63) is 17.2 Å². The van der Waals surface area contributed by atoms with E-state index in [1.807, 2.05) is 4.68 Å². The zero-order valence-corrected chi connectivity index (χ0v) is 15.8. The van der Waals surface area contributed by atoms with Gasteiger partial charge in [0.1, 0.15) is 11.0 Å². The first kappa shape index (κ1) is 17.7. The lowest BCUT2D eigenvalue weighted by atomic mass is 9.78. The molecule has 140 valence electrons. The smallest absolute Gasteiger partial charge is 0.338 e. The minimum Gasteiger partial charge on any atom is -0.467 e. The molecule has 2 aliphatic carbocycles. The van der Waals surface area contributed by atoms with Gasteiger partial charge in [-0.25, -0.2) is 19.4 Å². The summed E-state index contributed by atoms with van der Waals surface area (Å²) < 4.78 is 12.4. The number of hydrogen-bond donors (Lipinski definition) is 0. The maximum atomic E-state index is 12.1. The van der Waals surface area contributed by atoms with Gasteiger partial charge in [-0.3, -0.25) is 0 Å². The molecule has 0 saturated heterocycles. The van der Waals surface area contributed by atoms with E-state index in [9.17, 15) is 4.79 Å². The fourth-order valence-corrected chi connectivity index (χ4v) is 4.04. The van der Waals surface area contributed by atoms with Crippen molar-refractivity contribution in [3.8, 4) is 0 Å².